The molecule has 0 radical (unpaired) electrons. The molecule has 0 spiro atoms. The van der Waals surface area contributed by atoms with Crippen LogP contribution in [0.15, 0.2) is 52.0 Å². The molecular weight excluding hydrogens is 431 g/mol. The van der Waals surface area contributed by atoms with Crippen molar-refractivity contribution in [3.8, 4) is 0 Å². The van der Waals surface area contributed by atoms with Gasteiger partial charge in [-0.15, -0.1) is 0 Å². The standard InChI is InChI=1S/C11H8BrIN2O2S/c12-9-3-1-2-4-10(9)18(16,17)15-11-6-5-8(13)7-14-11/h1-7H,(H,14,15). The van der Waals surface area contributed by atoms with Crippen molar-refractivity contribution < 1.29 is 8.42 Å². The Morgan fingerprint density at radius 2 is 1.89 bits per heavy atom. The minimum Gasteiger partial charge on any atom is -0.263 e. The maximum Gasteiger partial charge on any atom is 0.264 e. The van der Waals surface area contributed by atoms with E-state index < -0.39 is 10.0 Å². The zero-order valence-electron chi connectivity index (χ0n) is 8.97. The van der Waals surface area contributed by atoms with Crippen molar-refractivity contribution in [2.45, 2.75) is 4.90 Å². The van der Waals surface area contributed by atoms with Gasteiger partial charge in [0.15, 0.2) is 0 Å². The molecule has 0 aliphatic carbocycles. The Morgan fingerprint density at radius 3 is 2.50 bits per heavy atom. The molecule has 1 heterocycles. The van der Waals surface area contributed by atoms with Crippen LogP contribution in [0.2, 0.25) is 0 Å². The number of aromatic nitrogens is 1. The largest absolute Gasteiger partial charge is 0.264 e. The lowest BCUT2D eigenvalue weighted by molar-refractivity contribution is 0.600. The van der Waals surface area contributed by atoms with Gasteiger partial charge in [0, 0.05) is 14.2 Å². The summed E-state index contributed by atoms with van der Waals surface area (Å²) in [6.07, 6.45) is 1.60. The van der Waals surface area contributed by atoms with E-state index in [4.69, 9.17) is 0 Å². The third-order valence-corrected chi connectivity index (χ3v) is 5.10. The molecule has 1 aromatic carbocycles. The van der Waals surface area contributed by atoms with Crippen molar-refractivity contribution in [1.29, 1.82) is 0 Å². The van der Waals surface area contributed by atoms with Crippen LogP contribution < -0.4 is 4.72 Å². The minimum atomic E-state index is -3.62. The quantitative estimate of drug-likeness (QED) is 0.748. The first-order valence-corrected chi connectivity index (χ1v) is 8.23. The van der Waals surface area contributed by atoms with Crippen molar-refractivity contribution in [3.05, 3.63) is 50.6 Å². The molecule has 4 nitrogen and oxygen atoms in total. The smallest absolute Gasteiger partial charge is 0.263 e. The normalized spacial score (nSPS) is 11.2. The SMILES string of the molecule is O=S(=O)(Nc1ccc(I)cn1)c1ccccc1Br. The first kappa shape index (κ1) is 13.8. The van der Waals surface area contributed by atoms with Crippen LogP contribution in [0.1, 0.15) is 0 Å². The molecular formula is C11H8BrIN2O2S. The molecule has 0 bridgehead atoms. The highest BCUT2D eigenvalue weighted by molar-refractivity contribution is 14.1. The number of hydrogen-bond acceptors (Lipinski definition) is 3. The van der Waals surface area contributed by atoms with E-state index in [1.807, 2.05) is 0 Å². The number of anilines is 1. The Morgan fingerprint density at radius 1 is 1.17 bits per heavy atom. The van der Waals surface area contributed by atoms with Gasteiger partial charge in [-0.1, -0.05) is 12.1 Å². The summed E-state index contributed by atoms with van der Waals surface area (Å²) < 4.78 is 28.1. The maximum absolute atomic E-state index is 12.1. The first-order valence-electron chi connectivity index (χ1n) is 4.88. The van der Waals surface area contributed by atoms with Gasteiger partial charge >= 0.3 is 0 Å². The fraction of sp³-hybridized carbons (Fsp3) is 0. The number of sulfonamides is 1. The molecule has 94 valence electrons. The molecule has 0 aliphatic heterocycles. The number of nitrogens with one attached hydrogen (secondary N) is 1. The second-order valence-electron chi connectivity index (χ2n) is 3.40. The van der Waals surface area contributed by atoms with Crippen LogP contribution in [-0.2, 0) is 10.0 Å². The second-order valence-corrected chi connectivity index (χ2v) is 7.15. The predicted molar refractivity (Wildman–Crippen MR) is 81.9 cm³/mol. The number of nitrogens with zero attached hydrogens (tertiary/aromatic N) is 1. The van der Waals surface area contributed by atoms with Gasteiger partial charge in [-0.3, -0.25) is 4.72 Å². The molecule has 0 saturated carbocycles. The van der Waals surface area contributed by atoms with E-state index in [-0.39, 0.29) is 4.90 Å². The molecule has 0 saturated heterocycles. The predicted octanol–water partition coefficient (Wildman–Crippen LogP) is 3.25. The maximum atomic E-state index is 12.1. The fourth-order valence-electron chi connectivity index (χ4n) is 1.29. The van der Waals surface area contributed by atoms with E-state index >= 15 is 0 Å². The summed E-state index contributed by atoms with van der Waals surface area (Å²) in [5.41, 5.74) is 0. The van der Waals surface area contributed by atoms with Crippen LogP contribution in [0, 0.1) is 3.57 Å². The van der Waals surface area contributed by atoms with E-state index in [1.54, 1.807) is 36.5 Å². The number of pyridine rings is 1. The average molecular weight is 439 g/mol. The Kier molecular flexibility index (Phi) is 4.23. The molecule has 1 aromatic heterocycles. The van der Waals surface area contributed by atoms with Crippen LogP contribution in [0.3, 0.4) is 0 Å². The van der Waals surface area contributed by atoms with E-state index in [1.165, 1.54) is 6.07 Å². The van der Waals surface area contributed by atoms with E-state index in [9.17, 15) is 8.42 Å². The van der Waals surface area contributed by atoms with Crippen LogP contribution >= 0.6 is 38.5 Å². The highest BCUT2D eigenvalue weighted by Crippen LogP contribution is 2.23. The zero-order chi connectivity index (χ0) is 13.2. The lowest BCUT2D eigenvalue weighted by Crippen LogP contribution is -2.14. The summed E-state index contributed by atoms with van der Waals surface area (Å²) in [6.45, 7) is 0. The van der Waals surface area contributed by atoms with Crippen LogP contribution in [0.4, 0.5) is 5.82 Å². The number of rotatable bonds is 3. The van der Waals surface area contributed by atoms with Gasteiger partial charge in [0.2, 0.25) is 0 Å². The molecule has 0 unspecified atom stereocenters. The molecule has 0 amide bonds. The van der Waals surface area contributed by atoms with Gasteiger partial charge < -0.3 is 0 Å². The number of benzene rings is 1. The third-order valence-electron chi connectivity index (χ3n) is 2.09. The number of hydrogen-bond donors (Lipinski definition) is 1. The molecule has 2 aromatic rings. The summed E-state index contributed by atoms with van der Waals surface area (Å²) in [4.78, 5) is 4.19. The molecule has 18 heavy (non-hydrogen) atoms. The van der Waals surface area contributed by atoms with Crippen LogP contribution in [0.25, 0.3) is 0 Å². The van der Waals surface area contributed by atoms with Gasteiger partial charge in [0.25, 0.3) is 10.0 Å². The Hall–Kier alpha value is -0.670. The summed E-state index contributed by atoms with van der Waals surface area (Å²) in [5, 5.41) is 0. The van der Waals surface area contributed by atoms with Gasteiger partial charge in [-0.25, -0.2) is 13.4 Å². The molecule has 0 aliphatic rings. The van der Waals surface area contributed by atoms with Gasteiger partial charge in [0.05, 0.1) is 0 Å². The summed E-state index contributed by atoms with van der Waals surface area (Å²) >= 11 is 5.32. The topological polar surface area (TPSA) is 59.1 Å². The van der Waals surface area contributed by atoms with E-state index in [0.717, 1.165) is 3.57 Å². The monoisotopic (exact) mass is 438 g/mol. The molecule has 2 rings (SSSR count). The molecule has 0 fully saturated rings. The van der Waals surface area contributed by atoms with Gasteiger partial charge in [-0.2, -0.15) is 0 Å². The van der Waals surface area contributed by atoms with Crippen molar-refractivity contribution >= 4 is 54.4 Å². The lowest BCUT2D eigenvalue weighted by atomic mass is 10.4. The highest BCUT2D eigenvalue weighted by atomic mass is 127. The summed E-state index contributed by atoms with van der Waals surface area (Å²) in [5.74, 6) is 0.297. The Bertz CT molecular complexity index is 659. The first-order chi connectivity index (χ1) is 8.49. The molecule has 7 heteroatoms. The number of halogens is 2. The van der Waals surface area contributed by atoms with Crippen LogP contribution in [0.5, 0.6) is 0 Å². The van der Waals surface area contributed by atoms with Crippen molar-refractivity contribution in [2.24, 2.45) is 0 Å². The van der Waals surface area contributed by atoms with Crippen molar-refractivity contribution in [1.82, 2.24) is 4.98 Å². The summed E-state index contributed by atoms with van der Waals surface area (Å²) in [6, 6.07) is 10.0. The third kappa shape index (κ3) is 3.21. The van der Waals surface area contributed by atoms with Gasteiger partial charge in [-0.05, 0) is 62.8 Å². The van der Waals surface area contributed by atoms with Crippen LogP contribution in [-0.4, -0.2) is 13.4 Å². The highest BCUT2D eigenvalue weighted by Gasteiger charge is 2.17. The van der Waals surface area contributed by atoms with E-state index in [0.29, 0.717) is 10.3 Å². The Labute approximate surface area is 127 Å². The molecule has 1 N–H and O–H groups in total. The van der Waals surface area contributed by atoms with Crippen molar-refractivity contribution in [2.75, 3.05) is 4.72 Å². The van der Waals surface area contributed by atoms with Crippen molar-refractivity contribution in [3.63, 3.8) is 0 Å². The van der Waals surface area contributed by atoms with Gasteiger partial charge in [0.1, 0.15) is 10.7 Å². The second kappa shape index (κ2) is 5.54. The molecule has 0 atom stereocenters. The lowest BCUT2D eigenvalue weighted by Gasteiger charge is -2.08. The minimum absolute atomic E-state index is 0.186. The Balaban J connectivity index is 2.33. The average Bonchev–Trinajstić information content (AvgIpc) is 2.32. The van der Waals surface area contributed by atoms with E-state index in [2.05, 4.69) is 48.2 Å². The summed E-state index contributed by atoms with van der Waals surface area (Å²) in [7, 11) is -3.62. The fourth-order valence-corrected chi connectivity index (χ4v) is 3.62. The zero-order valence-corrected chi connectivity index (χ0v) is 13.5.